The average molecular weight is 394 g/mol. The van der Waals surface area contributed by atoms with E-state index in [9.17, 15) is 9.59 Å². The molecule has 2 aromatic rings. The van der Waals surface area contributed by atoms with Crippen molar-refractivity contribution in [1.82, 2.24) is 5.32 Å². The monoisotopic (exact) mass is 393 g/mol. The van der Waals surface area contributed by atoms with Crippen molar-refractivity contribution in [2.45, 2.75) is 23.8 Å². The minimum Gasteiger partial charge on any atom is -0.497 e. The van der Waals surface area contributed by atoms with Crippen LogP contribution in [0.2, 0.25) is 5.02 Å². The number of ether oxygens (including phenoxy) is 1. The predicted molar refractivity (Wildman–Crippen MR) is 103 cm³/mol. The van der Waals surface area contributed by atoms with E-state index >= 15 is 0 Å². The third-order valence-electron chi connectivity index (χ3n) is 3.64. The van der Waals surface area contributed by atoms with E-state index in [-0.39, 0.29) is 12.3 Å². The summed E-state index contributed by atoms with van der Waals surface area (Å²) in [5.74, 6) is 0.218. The number of carboxylic acid groups (broad SMARTS) is 1. The van der Waals surface area contributed by atoms with Gasteiger partial charge < -0.3 is 15.2 Å². The summed E-state index contributed by atoms with van der Waals surface area (Å²) >= 11 is 7.42. The van der Waals surface area contributed by atoms with Crippen LogP contribution >= 0.6 is 23.4 Å². The molecule has 138 valence electrons. The fraction of sp³-hybridized carbons (Fsp3) is 0.263. The van der Waals surface area contributed by atoms with E-state index in [0.29, 0.717) is 22.8 Å². The number of hydrogen-bond acceptors (Lipinski definition) is 4. The zero-order chi connectivity index (χ0) is 18.9. The highest BCUT2D eigenvalue weighted by molar-refractivity contribution is 7.99. The third-order valence-corrected chi connectivity index (χ3v) is 4.91. The molecule has 0 aliphatic carbocycles. The first-order valence-corrected chi connectivity index (χ1v) is 9.38. The molecule has 2 rings (SSSR count). The van der Waals surface area contributed by atoms with Gasteiger partial charge in [0.05, 0.1) is 19.6 Å². The molecule has 0 aliphatic rings. The summed E-state index contributed by atoms with van der Waals surface area (Å²) in [6, 6.07) is 13.8. The highest BCUT2D eigenvalue weighted by Gasteiger charge is 2.18. The van der Waals surface area contributed by atoms with Gasteiger partial charge in [-0.05, 0) is 42.0 Å². The Morgan fingerprint density at radius 1 is 1.15 bits per heavy atom. The molecule has 2 aromatic carbocycles. The van der Waals surface area contributed by atoms with Crippen LogP contribution in [-0.2, 0) is 9.59 Å². The number of nitrogens with one attached hydrogen (secondary N) is 1. The fourth-order valence-corrected chi connectivity index (χ4v) is 3.30. The van der Waals surface area contributed by atoms with Gasteiger partial charge >= 0.3 is 5.97 Å². The summed E-state index contributed by atoms with van der Waals surface area (Å²) in [6.45, 7) is 0. The van der Waals surface area contributed by atoms with Gasteiger partial charge in [0.25, 0.3) is 0 Å². The largest absolute Gasteiger partial charge is 0.497 e. The standard InChI is InChI=1S/C19H20ClNO4S/c1-25-15-6-8-16(9-7-15)26-11-10-18(22)21-17(12-19(23)24)13-2-4-14(20)5-3-13/h2-9,17H,10-12H2,1H3,(H,21,22)(H,23,24)/t17-/m0/s1. The minimum atomic E-state index is -0.974. The number of benzene rings is 2. The van der Waals surface area contributed by atoms with Crippen molar-refractivity contribution < 1.29 is 19.4 Å². The van der Waals surface area contributed by atoms with Crippen molar-refractivity contribution in [2.75, 3.05) is 12.9 Å². The molecule has 0 heterocycles. The van der Waals surface area contributed by atoms with Crippen molar-refractivity contribution in [3.05, 3.63) is 59.1 Å². The Bertz CT molecular complexity index is 734. The number of carbonyl (C=O) groups excluding carboxylic acids is 1. The van der Waals surface area contributed by atoms with Crippen molar-refractivity contribution in [1.29, 1.82) is 0 Å². The molecular formula is C19H20ClNO4S. The van der Waals surface area contributed by atoms with Gasteiger partial charge in [-0.1, -0.05) is 23.7 Å². The Labute approximate surface area is 161 Å². The normalized spacial score (nSPS) is 11.6. The van der Waals surface area contributed by atoms with Crippen LogP contribution in [0.4, 0.5) is 0 Å². The number of methoxy groups -OCH3 is 1. The van der Waals surface area contributed by atoms with Crippen LogP contribution in [-0.4, -0.2) is 29.8 Å². The summed E-state index contributed by atoms with van der Waals surface area (Å²) in [7, 11) is 1.61. The molecule has 1 atom stereocenters. The molecular weight excluding hydrogens is 374 g/mol. The Kier molecular flexibility index (Phi) is 7.81. The lowest BCUT2D eigenvalue weighted by Gasteiger charge is -2.17. The first-order valence-electron chi connectivity index (χ1n) is 8.01. The number of amides is 1. The van der Waals surface area contributed by atoms with E-state index < -0.39 is 12.0 Å². The second-order valence-corrected chi connectivity index (χ2v) is 7.15. The highest BCUT2D eigenvalue weighted by atomic mass is 35.5. The Morgan fingerprint density at radius 3 is 2.38 bits per heavy atom. The van der Waals surface area contributed by atoms with Crippen molar-refractivity contribution in [3.63, 3.8) is 0 Å². The fourth-order valence-electron chi connectivity index (χ4n) is 2.32. The molecule has 0 saturated heterocycles. The molecule has 26 heavy (non-hydrogen) atoms. The van der Waals surface area contributed by atoms with Crippen LogP contribution in [0, 0.1) is 0 Å². The summed E-state index contributed by atoms with van der Waals surface area (Å²) in [5.41, 5.74) is 0.716. The lowest BCUT2D eigenvalue weighted by molar-refractivity contribution is -0.137. The number of halogens is 1. The molecule has 0 aromatic heterocycles. The molecule has 0 saturated carbocycles. The maximum atomic E-state index is 12.2. The predicted octanol–water partition coefficient (Wildman–Crippen LogP) is 4.16. The third kappa shape index (κ3) is 6.61. The lowest BCUT2D eigenvalue weighted by Crippen LogP contribution is -2.30. The van der Waals surface area contributed by atoms with Crippen molar-refractivity contribution >= 4 is 35.2 Å². The zero-order valence-electron chi connectivity index (χ0n) is 14.3. The second kappa shape index (κ2) is 10.1. The van der Waals surface area contributed by atoms with E-state index in [4.69, 9.17) is 21.4 Å². The molecule has 1 amide bonds. The molecule has 0 spiro atoms. The molecule has 0 bridgehead atoms. The average Bonchev–Trinajstić information content (AvgIpc) is 2.62. The smallest absolute Gasteiger partial charge is 0.305 e. The van der Waals surface area contributed by atoms with Gasteiger partial charge in [-0.25, -0.2) is 0 Å². The Balaban J connectivity index is 1.87. The number of thioether (sulfide) groups is 1. The van der Waals surface area contributed by atoms with Gasteiger partial charge in [-0.2, -0.15) is 0 Å². The maximum absolute atomic E-state index is 12.2. The first-order chi connectivity index (χ1) is 12.5. The number of carboxylic acids is 1. The molecule has 0 radical (unpaired) electrons. The number of aliphatic carboxylic acids is 1. The summed E-state index contributed by atoms with van der Waals surface area (Å²) in [6.07, 6.45) is 0.111. The lowest BCUT2D eigenvalue weighted by atomic mass is 10.0. The molecule has 0 aliphatic heterocycles. The maximum Gasteiger partial charge on any atom is 0.305 e. The molecule has 2 N–H and O–H groups in total. The Hall–Kier alpha value is -2.18. The van der Waals surface area contributed by atoms with Gasteiger partial charge in [0, 0.05) is 22.1 Å². The summed E-state index contributed by atoms with van der Waals surface area (Å²) in [5, 5.41) is 12.4. The van der Waals surface area contributed by atoms with Crippen LogP contribution in [0.1, 0.15) is 24.4 Å². The van der Waals surface area contributed by atoms with E-state index in [1.807, 2.05) is 24.3 Å². The van der Waals surface area contributed by atoms with Crippen molar-refractivity contribution in [2.24, 2.45) is 0 Å². The van der Waals surface area contributed by atoms with Crippen LogP contribution in [0.3, 0.4) is 0 Å². The van der Waals surface area contributed by atoms with Gasteiger partial charge in [0.2, 0.25) is 5.91 Å². The SMILES string of the molecule is COc1ccc(SCCC(=O)N[C@@H](CC(=O)O)c2ccc(Cl)cc2)cc1. The van der Waals surface area contributed by atoms with Gasteiger partial charge in [-0.15, -0.1) is 11.8 Å². The Morgan fingerprint density at radius 2 is 1.81 bits per heavy atom. The quantitative estimate of drug-likeness (QED) is 0.625. The number of rotatable bonds is 9. The van der Waals surface area contributed by atoms with Crippen LogP contribution in [0.5, 0.6) is 5.75 Å². The number of carbonyl (C=O) groups is 2. The van der Waals surface area contributed by atoms with Gasteiger partial charge in [-0.3, -0.25) is 9.59 Å². The van der Waals surface area contributed by atoms with Crippen LogP contribution in [0.15, 0.2) is 53.4 Å². The van der Waals surface area contributed by atoms with Gasteiger partial charge in [0.15, 0.2) is 0 Å². The van der Waals surface area contributed by atoms with E-state index in [1.165, 1.54) is 0 Å². The van der Waals surface area contributed by atoms with Crippen LogP contribution < -0.4 is 10.1 Å². The molecule has 5 nitrogen and oxygen atoms in total. The highest BCUT2D eigenvalue weighted by Crippen LogP contribution is 2.23. The minimum absolute atomic E-state index is 0.182. The second-order valence-electron chi connectivity index (χ2n) is 5.54. The summed E-state index contributed by atoms with van der Waals surface area (Å²) in [4.78, 5) is 24.3. The van der Waals surface area contributed by atoms with E-state index in [2.05, 4.69) is 5.32 Å². The van der Waals surface area contributed by atoms with E-state index in [0.717, 1.165) is 10.6 Å². The number of hydrogen-bond donors (Lipinski definition) is 2. The summed E-state index contributed by atoms with van der Waals surface area (Å²) < 4.78 is 5.11. The van der Waals surface area contributed by atoms with E-state index in [1.54, 1.807) is 43.1 Å². The first kappa shape index (κ1) is 20.1. The van der Waals surface area contributed by atoms with Crippen molar-refractivity contribution in [3.8, 4) is 5.75 Å². The van der Waals surface area contributed by atoms with Crippen LogP contribution in [0.25, 0.3) is 0 Å². The molecule has 0 fully saturated rings. The molecule has 7 heteroatoms. The zero-order valence-corrected chi connectivity index (χ0v) is 15.8. The topological polar surface area (TPSA) is 75.6 Å². The van der Waals surface area contributed by atoms with Gasteiger partial charge in [0.1, 0.15) is 5.75 Å². The molecule has 0 unspecified atom stereocenters.